The van der Waals surface area contributed by atoms with E-state index in [0.29, 0.717) is 43.1 Å². The Kier molecular flexibility index (Phi) is 7.09. The summed E-state index contributed by atoms with van der Waals surface area (Å²) in [5, 5.41) is 0. The van der Waals surface area contributed by atoms with E-state index in [0.717, 1.165) is 13.0 Å². The first-order chi connectivity index (χ1) is 14.1. The lowest BCUT2D eigenvalue weighted by atomic mass is 9.94. The van der Waals surface area contributed by atoms with Crippen molar-refractivity contribution in [2.24, 2.45) is 11.8 Å². The van der Waals surface area contributed by atoms with Crippen LogP contribution in [0.2, 0.25) is 0 Å². The molecule has 1 aromatic rings. The molecule has 1 saturated heterocycles. The third-order valence-corrected chi connectivity index (χ3v) is 8.02. The van der Waals surface area contributed by atoms with Crippen LogP contribution in [-0.4, -0.2) is 81.9 Å². The molecule has 8 heteroatoms. The molecular weight excluding hydrogens is 402 g/mol. The van der Waals surface area contributed by atoms with Crippen LogP contribution in [0, 0.1) is 11.8 Å². The van der Waals surface area contributed by atoms with Gasteiger partial charge in [-0.3, -0.25) is 4.79 Å². The molecule has 2 aliphatic rings. The number of amides is 1. The Balaban J connectivity index is 1.81. The lowest BCUT2D eigenvalue weighted by molar-refractivity contribution is 0.0781. The quantitative estimate of drug-likeness (QED) is 0.625. The zero-order valence-electron chi connectivity index (χ0n) is 18.8. The summed E-state index contributed by atoms with van der Waals surface area (Å²) in [5.74, 6) is 0.690. The van der Waals surface area contributed by atoms with Gasteiger partial charge in [0.2, 0.25) is 10.0 Å². The predicted molar refractivity (Wildman–Crippen MR) is 117 cm³/mol. The highest BCUT2D eigenvalue weighted by Gasteiger charge is 2.34. The van der Waals surface area contributed by atoms with Gasteiger partial charge in [-0.2, -0.15) is 4.31 Å². The number of rotatable bonds is 8. The molecule has 168 valence electrons. The van der Waals surface area contributed by atoms with Crippen LogP contribution >= 0.6 is 0 Å². The molecule has 1 aliphatic carbocycles. The number of hydrogen-bond acceptors (Lipinski definition) is 5. The minimum absolute atomic E-state index is 0.0700. The van der Waals surface area contributed by atoms with Crippen LogP contribution in [0.4, 0.5) is 0 Å². The molecule has 1 aromatic carbocycles. The van der Waals surface area contributed by atoms with E-state index in [2.05, 4.69) is 25.8 Å². The summed E-state index contributed by atoms with van der Waals surface area (Å²) in [7, 11) is 1.54. The van der Waals surface area contributed by atoms with Crippen molar-refractivity contribution in [3.05, 3.63) is 23.8 Å². The fourth-order valence-corrected chi connectivity index (χ4v) is 6.14. The minimum Gasteiger partial charge on any atom is -0.495 e. The largest absolute Gasteiger partial charge is 0.495 e. The SMILES string of the molecule is COc1ccc(C(=O)N(C)CCN(C)C2CC2)cc1S(=O)(=O)N1C[C@H](C)C[C@@H](C)C1. The highest BCUT2D eigenvalue weighted by molar-refractivity contribution is 7.89. The summed E-state index contributed by atoms with van der Waals surface area (Å²) in [6, 6.07) is 5.34. The maximum Gasteiger partial charge on any atom is 0.253 e. The van der Waals surface area contributed by atoms with Crippen molar-refractivity contribution in [2.45, 2.75) is 44.0 Å². The molecule has 2 fully saturated rings. The molecule has 2 atom stereocenters. The number of carbonyl (C=O) groups excluding carboxylic acids is 1. The third kappa shape index (κ3) is 5.15. The van der Waals surface area contributed by atoms with Crippen LogP contribution in [0.15, 0.2) is 23.1 Å². The Morgan fingerprint density at radius 3 is 2.33 bits per heavy atom. The predicted octanol–water partition coefficient (Wildman–Crippen LogP) is 2.53. The van der Waals surface area contributed by atoms with Crippen molar-refractivity contribution >= 4 is 15.9 Å². The number of nitrogens with zero attached hydrogens (tertiary/aromatic N) is 3. The summed E-state index contributed by atoms with van der Waals surface area (Å²) >= 11 is 0. The maximum atomic E-state index is 13.4. The van der Waals surface area contributed by atoms with Gasteiger partial charge in [-0.1, -0.05) is 13.8 Å². The second kappa shape index (κ2) is 9.24. The molecule has 0 unspecified atom stereocenters. The Labute approximate surface area is 181 Å². The van der Waals surface area contributed by atoms with Crippen molar-refractivity contribution < 1.29 is 17.9 Å². The zero-order valence-corrected chi connectivity index (χ0v) is 19.6. The summed E-state index contributed by atoms with van der Waals surface area (Å²) in [6.07, 6.45) is 3.46. The number of piperidine rings is 1. The number of benzene rings is 1. The van der Waals surface area contributed by atoms with E-state index in [1.807, 2.05) is 0 Å². The van der Waals surface area contributed by atoms with E-state index < -0.39 is 10.0 Å². The van der Waals surface area contributed by atoms with E-state index >= 15 is 0 Å². The van der Waals surface area contributed by atoms with Crippen molar-refractivity contribution in [1.29, 1.82) is 0 Å². The molecule has 7 nitrogen and oxygen atoms in total. The van der Waals surface area contributed by atoms with Gasteiger partial charge in [0.05, 0.1) is 7.11 Å². The van der Waals surface area contributed by atoms with Gasteiger partial charge in [0.25, 0.3) is 5.91 Å². The van der Waals surface area contributed by atoms with Crippen LogP contribution in [0.25, 0.3) is 0 Å². The number of carbonyl (C=O) groups is 1. The number of sulfonamides is 1. The standard InChI is InChI=1S/C22H35N3O4S/c1-16-12-17(2)15-25(14-16)30(27,28)21-13-18(6-9-20(21)29-5)22(26)24(4)11-10-23(3)19-7-8-19/h6,9,13,16-17,19H,7-8,10-12,14-15H2,1-5H3/t16-,17-/m1/s1. The van der Waals surface area contributed by atoms with E-state index in [4.69, 9.17) is 4.74 Å². The molecule has 1 amide bonds. The van der Waals surface area contributed by atoms with Gasteiger partial charge in [0.1, 0.15) is 10.6 Å². The number of ether oxygens (including phenoxy) is 1. The van der Waals surface area contributed by atoms with Crippen molar-refractivity contribution in [2.75, 3.05) is 47.4 Å². The average molecular weight is 438 g/mol. The molecule has 1 saturated carbocycles. The number of methoxy groups -OCH3 is 1. The normalized spacial score (nSPS) is 22.9. The molecule has 1 aliphatic heterocycles. The maximum absolute atomic E-state index is 13.4. The Bertz CT molecular complexity index is 859. The Morgan fingerprint density at radius 1 is 1.13 bits per heavy atom. The molecule has 0 radical (unpaired) electrons. The van der Waals surface area contributed by atoms with E-state index in [1.165, 1.54) is 30.3 Å². The first kappa shape index (κ1) is 23.0. The average Bonchev–Trinajstić information content (AvgIpc) is 3.55. The van der Waals surface area contributed by atoms with Gasteiger partial charge >= 0.3 is 0 Å². The van der Waals surface area contributed by atoms with Crippen LogP contribution in [-0.2, 0) is 10.0 Å². The van der Waals surface area contributed by atoms with Gasteiger partial charge in [0, 0.05) is 44.8 Å². The second-order valence-electron chi connectivity index (χ2n) is 9.07. The summed E-state index contributed by atoms with van der Waals surface area (Å²) in [6.45, 7) is 6.52. The van der Waals surface area contributed by atoms with Crippen LogP contribution in [0.5, 0.6) is 5.75 Å². The lowest BCUT2D eigenvalue weighted by Gasteiger charge is -2.34. The topological polar surface area (TPSA) is 70.2 Å². The van der Waals surface area contributed by atoms with Gasteiger partial charge in [0.15, 0.2) is 0 Å². The van der Waals surface area contributed by atoms with Crippen molar-refractivity contribution in [3.8, 4) is 5.75 Å². The Morgan fingerprint density at radius 2 is 1.77 bits per heavy atom. The molecule has 0 bridgehead atoms. The first-order valence-corrected chi connectivity index (χ1v) is 12.2. The highest BCUT2D eigenvalue weighted by atomic mass is 32.2. The first-order valence-electron chi connectivity index (χ1n) is 10.8. The van der Waals surface area contributed by atoms with E-state index in [1.54, 1.807) is 24.1 Å². The molecule has 0 N–H and O–H groups in total. The molecule has 3 rings (SSSR count). The molecule has 30 heavy (non-hydrogen) atoms. The van der Waals surface area contributed by atoms with Crippen LogP contribution < -0.4 is 4.74 Å². The summed E-state index contributed by atoms with van der Waals surface area (Å²) < 4.78 is 33.7. The second-order valence-corrected chi connectivity index (χ2v) is 11.0. The number of hydrogen-bond donors (Lipinski definition) is 0. The third-order valence-electron chi connectivity index (χ3n) is 6.17. The van der Waals surface area contributed by atoms with Gasteiger partial charge in [-0.25, -0.2) is 8.42 Å². The van der Waals surface area contributed by atoms with Gasteiger partial charge in [-0.05, 0) is 56.3 Å². The monoisotopic (exact) mass is 437 g/mol. The van der Waals surface area contributed by atoms with Crippen LogP contribution in [0.1, 0.15) is 43.5 Å². The van der Waals surface area contributed by atoms with Gasteiger partial charge < -0.3 is 14.5 Å². The van der Waals surface area contributed by atoms with E-state index in [9.17, 15) is 13.2 Å². The van der Waals surface area contributed by atoms with Crippen molar-refractivity contribution in [1.82, 2.24) is 14.1 Å². The Hall–Kier alpha value is -1.64. The molecule has 1 heterocycles. The lowest BCUT2D eigenvalue weighted by Crippen LogP contribution is -2.42. The highest BCUT2D eigenvalue weighted by Crippen LogP contribution is 2.32. The molecular formula is C22H35N3O4S. The van der Waals surface area contributed by atoms with Crippen molar-refractivity contribution in [3.63, 3.8) is 0 Å². The van der Waals surface area contributed by atoms with Gasteiger partial charge in [-0.15, -0.1) is 0 Å². The smallest absolute Gasteiger partial charge is 0.253 e. The minimum atomic E-state index is -3.75. The molecule has 0 aromatic heterocycles. The van der Waals surface area contributed by atoms with Crippen LogP contribution in [0.3, 0.4) is 0 Å². The number of likely N-dealkylation sites (N-methyl/N-ethyl adjacent to an activating group) is 2. The fourth-order valence-electron chi connectivity index (χ4n) is 4.28. The fraction of sp³-hybridized carbons (Fsp3) is 0.682. The van der Waals surface area contributed by atoms with E-state index in [-0.39, 0.29) is 16.6 Å². The zero-order chi connectivity index (χ0) is 22.1. The summed E-state index contributed by atoms with van der Waals surface area (Å²) in [4.78, 5) is 17.0. The molecule has 0 spiro atoms. The summed E-state index contributed by atoms with van der Waals surface area (Å²) in [5.41, 5.74) is 0.365.